The molecule has 9 heteroatoms. The van der Waals surface area contributed by atoms with E-state index >= 15 is 0 Å². The summed E-state index contributed by atoms with van der Waals surface area (Å²) in [4.78, 5) is 28.8. The normalized spacial score (nSPS) is 15.0. The van der Waals surface area contributed by atoms with Crippen molar-refractivity contribution in [3.63, 3.8) is 0 Å². The topological polar surface area (TPSA) is 86.8 Å². The zero-order valence-corrected chi connectivity index (χ0v) is 17.5. The van der Waals surface area contributed by atoms with Gasteiger partial charge in [-0.25, -0.2) is 13.2 Å². The molecule has 0 unspecified atom stereocenters. The van der Waals surface area contributed by atoms with Crippen LogP contribution in [0, 0.1) is 0 Å². The Balaban J connectivity index is 1.65. The highest BCUT2D eigenvalue weighted by Crippen LogP contribution is 2.17. The third-order valence-electron chi connectivity index (χ3n) is 4.66. The van der Waals surface area contributed by atoms with Crippen LogP contribution in [0.15, 0.2) is 53.4 Å². The zero-order valence-electron chi connectivity index (χ0n) is 16.0. The number of benzene rings is 2. The second-order valence-electron chi connectivity index (χ2n) is 6.87. The van der Waals surface area contributed by atoms with Crippen LogP contribution in [0.25, 0.3) is 0 Å². The minimum absolute atomic E-state index is 0.112. The smallest absolute Gasteiger partial charge is 0.321 e. The molecule has 0 bridgehead atoms. The molecule has 3 rings (SSSR count). The fourth-order valence-corrected chi connectivity index (χ4v) is 3.99. The van der Waals surface area contributed by atoms with E-state index in [0.717, 1.165) is 6.26 Å². The van der Waals surface area contributed by atoms with Gasteiger partial charge in [-0.15, -0.1) is 0 Å². The van der Waals surface area contributed by atoms with Gasteiger partial charge in [0.15, 0.2) is 9.84 Å². The number of nitrogens with zero attached hydrogens (tertiary/aromatic N) is 2. The van der Waals surface area contributed by atoms with Crippen molar-refractivity contribution in [2.24, 2.45) is 0 Å². The Labute approximate surface area is 175 Å². The molecule has 2 aromatic carbocycles. The highest BCUT2D eigenvalue weighted by atomic mass is 35.5. The van der Waals surface area contributed by atoms with Crippen molar-refractivity contribution in [3.8, 4) is 0 Å². The summed E-state index contributed by atoms with van der Waals surface area (Å²) in [7, 11) is -3.39. The minimum atomic E-state index is -3.39. The number of amides is 3. The lowest BCUT2D eigenvalue weighted by Gasteiger charge is -2.22. The van der Waals surface area contributed by atoms with Gasteiger partial charge in [0.25, 0.3) is 5.91 Å². The van der Waals surface area contributed by atoms with Crippen molar-refractivity contribution < 1.29 is 18.0 Å². The summed E-state index contributed by atoms with van der Waals surface area (Å²) in [5.41, 5.74) is 0.932. The molecule has 0 radical (unpaired) electrons. The molecule has 3 amide bonds. The molecule has 1 heterocycles. The number of anilines is 1. The molecule has 0 spiro atoms. The first-order valence-corrected chi connectivity index (χ1v) is 11.4. The van der Waals surface area contributed by atoms with Crippen LogP contribution in [0.3, 0.4) is 0 Å². The first-order chi connectivity index (χ1) is 13.7. The molecule has 29 heavy (non-hydrogen) atoms. The molecule has 1 N–H and O–H groups in total. The molecule has 1 fully saturated rings. The summed E-state index contributed by atoms with van der Waals surface area (Å²) in [6.45, 7) is 1.75. The first kappa shape index (κ1) is 21.1. The average Bonchev–Trinajstić information content (AvgIpc) is 2.93. The van der Waals surface area contributed by atoms with Gasteiger partial charge in [-0.3, -0.25) is 4.79 Å². The van der Waals surface area contributed by atoms with Gasteiger partial charge in [0.2, 0.25) is 0 Å². The highest BCUT2D eigenvalue weighted by Gasteiger charge is 2.23. The van der Waals surface area contributed by atoms with E-state index in [4.69, 9.17) is 11.6 Å². The van der Waals surface area contributed by atoms with Crippen LogP contribution in [-0.2, 0) is 9.84 Å². The van der Waals surface area contributed by atoms with E-state index < -0.39 is 9.84 Å². The van der Waals surface area contributed by atoms with Gasteiger partial charge in [0.05, 0.1) is 4.90 Å². The summed E-state index contributed by atoms with van der Waals surface area (Å²) < 4.78 is 23.5. The molecular formula is C20H22ClN3O4S. The molecule has 7 nitrogen and oxygen atoms in total. The van der Waals surface area contributed by atoms with Gasteiger partial charge < -0.3 is 15.1 Å². The fraction of sp³-hybridized carbons (Fsp3) is 0.300. The maximum Gasteiger partial charge on any atom is 0.321 e. The Morgan fingerprint density at radius 1 is 0.966 bits per heavy atom. The van der Waals surface area contributed by atoms with E-state index in [1.54, 1.807) is 46.2 Å². The van der Waals surface area contributed by atoms with Gasteiger partial charge in [-0.2, -0.15) is 0 Å². The summed E-state index contributed by atoms with van der Waals surface area (Å²) in [5, 5.41) is 3.35. The Morgan fingerprint density at radius 2 is 1.66 bits per heavy atom. The molecule has 154 valence electrons. The molecule has 0 aromatic heterocycles. The molecule has 1 saturated heterocycles. The number of hydrogen-bond acceptors (Lipinski definition) is 4. The number of nitrogens with one attached hydrogen (secondary N) is 1. The number of halogens is 1. The van der Waals surface area contributed by atoms with Gasteiger partial charge in [-0.05, 0) is 42.8 Å². The second kappa shape index (κ2) is 8.84. The van der Waals surface area contributed by atoms with Gasteiger partial charge in [0.1, 0.15) is 0 Å². The van der Waals surface area contributed by atoms with E-state index in [1.807, 2.05) is 0 Å². The lowest BCUT2D eigenvalue weighted by Crippen LogP contribution is -2.39. The third kappa shape index (κ3) is 5.48. The molecule has 1 aliphatic heterocycles. The van der Waals surface area contributed by atoms with Crippen molar-refractivity contribution >= 4 is 39.1 Å². The lowest BCUT2D eigenvalue weighted by atomic mass is 10.2. The summed E-state index contributed by atoms with van der Waals surface area (Å²) in [5.74, 6) is -0.243. The third-order valence-corrected chi connectivity index (χ3v) is 6.00. The quantitative estimate of drug-likeness (QED) is 0.802. The Hall–Kier alpha value is -2.58. The second-order valence-corrected chi connectivity index (χ2v) is 9.33. The number of sulfone groups is 1. The summed E-state index contributed by atoms with van der Waals surface area (Å²) >= 11 is 5.94. The monoisotopic (exact) mass is 435 g/mol. The molecule has 2 aromatic rings. The largest absolute Gasteiger partial charge is 0.337 e. The average molecular weight is 436 g/mol. The molecule has 0 atom stereocenters. The lowest BCUT2D eigenvalue weighted by molar-refractivity contribution is 0.0762. The Bertz CT molecular complexity index is 1030. The molecule has 0 saturated carbocycles. The summed E-state index contributed by atoms with van der Waals surface area (Å²) in [6.07, 6.45) is 1.74. The van der Waals surface area contributed by atoms with Crippen molar-refractivity contribution in [2.75, 3.05) is 37.8 Å². The van der Waals surface area contributed by atoms with Crippen LogP contribution in [0.5, 0.6) is 0 Å². The number of carbonyl (C=O) groups excluding carboxylic acids is 2. The Morgan fingerprint density at radius 3 is 2.38 bits per heavy atom. The van der Waals surface area contributed by atoms with Crippen LogP contribution >= 0.6 is 11.6 Å². The van der Waals surface area contributed by atoms with Crippen LogP contribution < -0.4 is 5.32 Å². The molecule has 1 aliphatic rings. The number of rotatable bonds is 3. The number of carbonyl (C=O) groups is 2. The predicted octanol–water partition coefficient (Wildman–Crippen LogP) is 3.12. The van der Waals surface area contributed by atoms with Crippen molar-refractivity contribution in [1.29, 1.82) is 0 Å². The number of hydrogen-bond donors (Lipinski definition) is 1. The van der Waals surface area contributed by atoms with Crippen LogP contribution in [0.1, 0.15) is 16.8 Å². The standard InChI is InChI=1S/C20H22ClN3O4S/c1-29(27,28)18-8-2-5-15(13-18)19(25)23-9-4-10-24(12-11-23)20(26)22-17-7-3-6-16(21)14-17/h2-3,5-8,13-14H,4,9-12H2,1H3,(H,22,26). The molecule has 0 aliphatic carbocycles. The van der Waals surface area contributed by atoms with E-state index in [-0.39, 0.29) is 16.8 Å². The first-order valence-electron chi connectivity index (χ1n) is 9.15. The summed E-state index contributed by atoms with van der Waals surface area (Å²) in [6, 6.07) is 12.7. The minimum Gasteiger partial charge on any atom is -0.337 e. The predicted molar refractivity (Wildman–Crippen MR) is 112 cm³/mol. The van der Waals surface area contributed by atoms with E-state index in [1.165, 1.54) is 12.1 Å². The van der Waals surface area contributed by atoms with E-state index in [0.29, 0.717) is 48.9 Å². The maximum atomic E-state index is 12.8. The SMILES string of the molecule is CS(=O)(=O)c1cccc(C(=O)N2CCCN(C(=O)Nc3cccc(Cl)c3)CC2)c1. The maximum absolute atomic E-state index is 12.8. The van der Waals surface area contributed by atoms with Gasteiger partial charge in [0, 0.05) is 48.7 Å². The number of urea groups is 1. The van der Waals surface area contributed by atoms with E-state index in [2.05, 4.69) is 5.32 Å². The van der Waals surface area contributed by atoms with Crippen LogP contribution in [0.4, 0.5) is 10.5 Å². The van der Waals surface area contributed by atoms with Crippen LogP contribution in [-0.4, -0.2) is 62.6 Å². The van der Waals surface area contributed by atoms with Crippen LogP contribution in [0.2, 0.25) is 5.02 Å². The van der Waals surface area contributed by atoms with E-state index in [9.17, 15) is 18.0 Å². The Kier molecular flexibility index (Phi) is 6.44. The highest BCUT2D eigenvalue weighted by molar-refractivity contribution is 7.90. The van der Waals surface area contributed by atoms with Gasteiger partial charge in [-0.1, -0.05) is 23.7 Å². The zero-order chi connectivity index (χ0) is 21.0. The van der Waals surface area contributed by atoms with Crippen molar-refractivity contribution in [1.82, 2.24) is 9.80 Å². The van der Waals surface area contributed by atoms with Gasteiger partial charge >= 0.3 is 6.03 Å². The fourth-order valence-electron chi connectivity index (χ4n) is 3.13. The van der Waals surface area contributed by atoms with Crippen molar-refractivity contribution in [2.45, 2.75) is 11.3 Å². The van der Waals surface area contributed by atoms with Crippen molar-refractivity contribution in [3.05, 3.63) is 59.1 Å². The molecular weight excluding hydrogens is 414 g/mol.